The summed E-state index contributed by atoms with van der Waals surface area (Å²) in [6.45, 7) is 9.15. The van der Waals surface area contributed by atoms with E-state index in [-0.39, 0.29) is 58.1 Å². The van der Waals surface area contributed by atoms with Crippen molar-refractivity contribution in [2.24, 2.45) is 5.11 Å². The molecule has 0 heterocycles. The Hall–Kier alpha value is -8.87. The maximum atomic E-state index is 13.7. The minimum Gasteiger partial charge on any atom is -0.594 e. The van der Waals surface area contributed by atoms with Gasteiger partial charge in [-0.3, -0.25) is 10.1 Å². The fourth-order valence-corrected chi connectivity index (χ4v) is 8.39. The zero-order valence-electron chi connectivity index (χ0n) is 47.8. The lowest BCUT2D eigenvalue weighted by atomic mass is 10.0. The first kappa shape index (κ1) is 65.9. The SMILES string of the molecule is C=CC(=O)OCCCCCCCCCCOc1ccc(OC(=O)c2ccc(C(=O)Oc3ccc(OCCCCCCCCCCOC(=O)C=C)cc3)c(C(=O)OCCCCCCOc3ccc(N=[N+]([O-])c4ccc([N+](=O)[O-])cc4)cc3)c2)cc1. The molecule has 0 saturated heterocycles. The zero-order chi connectivity index (χ0) is 60.0. The smallest absolute Gasteiger partial charge is 0.344 e. The van der Waals surface area contributed by atoms with Crippen molar-refractivity contribution in [2.75, 3.05) is 39.6 Å². The first-order valence-electron chi connectivity index (χ1n) is 28.9. The van der Waals surface area contributed by atoms with Crippen molar-refractivity contribution in [3.05, 3.63) is 173 Å². The van der Waals surface area contributed by atoms with Gasteiger partial charge >= 0.3 is 29.8 Å². The Labute approximate surface area is 491 Å². The Balaban J connectivity index is 1.07. The fourth-order valence-electron chi connectivity index (χ4n) is 8.39. The number of nitro benzene ring substituents is 1. The zero-order valence-corrected chi connectivity index (χ0v) is 47.8. The van der Waals surface area contributed by atoms with Crippen LogP contribution >= 0.6 is 0 Å². The van der Waals surface area contributed by atoms with Crippen LogP contribution in [0.5, 0.6) is 28.7 Å². The van der Waals surface area contributed by atoms with Gasteiger partial charge in [0, 0.05) is 41.5 Å². The van der Waals surface area contributed by atoms with Gasteiger partial charge in [-0.1, -0.05) is 95.1 Å². The highest BCUT2D eigenvalue weighted by atomic mass is 16.6. The predicted molar refractivity (Wildman–Crippen MR) is 316 cm³/mol. The predicted octanol–water partition coefficient (Wildman–Crippen LogP) is 15.2. The van der Waals surface area contributed by atoms with Crippen LogP contribution < -0.4 is 23.7 Å². The molecular weight excluding hydrogens is 1080 g/mol. The topological polar surface area (TPSA) is 241 Å². The highest BCUT2D eigenvalue weighted by Crippen LogP contribution is 2.26. The molecule has 0 spiro atoms. The van der Waals surface area contributed by atoms with Gasteiger partial charge in [0.1, 0.15) is 34.4 Å². The fraction of sp³-hybridized carbons (Fsp3) is 0.400. The quantitative estimate of drug-likeness (QED) is 0.00406. The van der Waals surface area contributed by atoms with E-state index < -0.39 is 22.8 Å². The van der Waals surface area contributed by atoms with E-state index in [1.807, 2.05) is 0 Å². The van der Waals surface area contributed by atoms with Crippen LogP contribution in [0.15, 0.2) is 146 Å². The highest BCUT2D eigenvalue weighted by Gasteiger charge is 2.24. The van der Waals surface area contributed by atoms with Crippen molar-refractivity contribution < 1.29 is 71.7 Å². The molecule has 0 saturated carbocycles. The van der Waals surface area contributed by atoms with Crippen LogP contribution in [0.2, 0.25) is 0 Å². The summed E-state index contributed by atoms with van der Waals surface area (Å²) in [5.41, 5.74) is 0.106. The van der Waals surface area contributed by atoms with Gasteiger partial charge in [0.05, 0.1) is 61.3 Å². The van der Waals surface area contributed by atoms with Crippen LogP contribution in [0.25, 0.3) is 0 Å². The van der Waals surface area contributed by atoms with Gasteiger partial charge in [-0.2, -0.15) is 0 Å². The van der Waals surface area contributed by atoms with E-state index >= 15 is 0 Å². The number of benzene rings is 5. The number of non-ortho nitro benzene ring substituents is 1. The van der Waals surface area contributed by atoms with Crippen molar-refractivity contribution >= 4 is 46.9 Å². The number of hydrogen-bond donors (Lipinski definition) is 0. The molecule has 0 atom stereocenters. The standard InChI is InChI=1S/C65H77N3O16/c1-3-61(69)80-46-22-15-11-7-5-9-13-19-43-78-55-34-38-57(39-35-55)83-63(71)50-25-42-59(65(73)84-58-40-36-56(37-41-58)79-44-20-14-10-6-8-12-16-23-47-81-62(70)4-2)60(49-50)64(72)82-48-24-18-17-21-45-77-54-32-26-51(27-33-54)66-67(74)52-28-30-53(31-29-52)68(75)76/h3-4,25-42,49H,1-2,5-24,43-48H2. The highest BCUT2D eigenvalue weighted by molar-refractivity contribution is 6.06. The van der Waals surface area contributed by atoms with E-state index in [1.165, 1.54) is 54.6 Å². The monoisotopic (exact) mass is 1160 g/mol. The van der Waals surface area contributed by atoms with E-state index in [1.54, 1.807) is 72.8 Å². The second-order valence-corrected chi connectivity index (χ2v) is 19.6. The van der Waals surface area contributed by atoms with Gasteiger partial charge in [0.15, 0.2) is 0 Å². The van der Waals surface area contributed by atoms with Crippen molar-refractivity contribution in [1.29, 1.82) is 0 Å². The molecule has 0 fully saturated rings. The second kappa shape index (κ2) is 38.8. The summed E-state index contributed by atoms with van der Waals surface area (Å²) in [6.07, 6.45) is 21.4. The largest absolute Gasteiger partial charge is 0.594 e. The molecule has 0 bridgehead atoms. The number of ether oxygens (including phenoxy) is 8. The van der Waals surface area contributed by atoms with Crippen molar-refractivity contribution in [2.45, 2.75) is 128 Å². The van der Waals surface area contributed by atoms with Gasteiger partial charge in [-0.15, -0.1) is 0 Å². The molecule has 5 rings (SSSR count). The summed E-state index contributed by atoms with van der Waals surface area (Å²) < 4.78 is 44.7. The maximum absolute atomic E-state index is 13.7. The molecule has 84 heavy (non-hydrogen) atoms. The number of carbonyl (C=O) groups is 5. The number of hydrogen-bond acceptors (Lipinski definition) is 17. The first-order valence-corrected chi connectivity index (χ1v) is 28.9. The minimum atomic E-state index is -0.835. The Morgan fingerprint density at radius 2 is 0.750 bits per heavy atom. The number of nitrogens with zero attached hydrogens (tertiary/aromatic N) is 3. The van der Waals surface area contributed by atoms with Crippen LogP contribution in [0.1, 0.15) is 159 Å². The molecule has 0 aliphatic heterocycles. The molecule has 5 aromatic carbocycles. The molecule has 0 aliphatic carbocycles. The Morgan fingerprint density at radius 3 is 1.17 bits per heavy atom. The number of carbonyl (C=O) groups excluding carboxylic acids is 5. The molecule has 19 heteroatoms. The molecule has 0 aliphatic rings. The van der Waals surface area contributed by atoms with Crippen LogP contribution in [0.3, 0.4) is 0 Å². The molecule has 448 valence electrons. The molecule has 0 aromatic heterocycles. The number of esters is 5. The molecule has 0 amide bonds. The molecule has 0 radical (unpaired) electrons. The van der Waals surface area contributed by atoms with Crippen LogP contribution in [-0.4, -0.2) is 79.3 Å². The second-order valence-electron chi connectivity index (χ2n) is 19.6. The Kier molecular flexibility index (Phi) is 30.4. The molecule has 0 unspecified atom stereocenters. The molecule has 5 aromatic rings. The number of unbranched alkanes of at least 4 members (excludes halogenated alkanes) is 17. The van der Waals surface area contributed by atoms with Gasteiger partial charge in [0.25, 0.3) is 5.69 Å². The minimum absolute atomic E-state index is 0.00806. The summed E-state index contributed by atoms with van der Waals surface area (Å²) in [4.78, 5) is 73.9. The molecule has 0 N–H and O–H groups in total. The third kappa shape index (κ3) is 25.9. The van der Waals surface area contributed by atoms with Crippen molar-refractivity contribution in [3.8, 4) is 28.7 Å². The Morgan fingerprint density at radius 1 is 0.393 bits per heavy atom. The lowest BCUT2D eigenvalue weighted by Gasteiger charge is -2.12. The van der Waals surface area contributed by atoms with Crippen LogP contribution in [0, 0.1) is 15.3 Å². The third-order valence-corrected chi connectivity index (χ3v) is 13.1. The van der Waals surface area contributed by atoms with Gasteiger partial charge in [-0.05, 0) is 142 Å². The molecular formula is C65H77N3O16. The average molecular weight is 1160 g/mol. The number of rotatable bonds is 42. The number of nitro groups is 1. The van der Waals surface area contributed by atoms with E-state index in [4.69, 9.17) is 37.9 Å². The molecule has 19 nitrogen and oxygen atoms in total. The average Bonchev–Trinajstić information content (AvgIpc) is 3.65. The lowest BCUT2D eigenvalue weighted by Crippen LogP contribution is -2.18. The normalized spacial score (nSPS) is 11.0. The van der Waals surface area contributed by atoms with Crippen LogP contribution in [-0.2, 0) is 23.8 Å². The van der Waals surface area contributed by atoms with E-state index in [2.05, 4.69) is 18.3 Å². The summed E-state index contributed by atoms with van der Waals surface area (Å²) in [7, 11) is 0. The Bertz CT molecular complexity index is 2870. The van der Waals surface area contributed by atoms with Crippen molar-refractivity contribution in [3.63, 3.8) is 0 Å². The summed E-state index contributed by atoms with van der Waals surface area (Å²) in [6, 6.07) is 28.9. The van der Waals surface area contributed by atoms with E-state index in [0.717, 1.165) is 109 Å². The maximum Gasteiger partial charge on any atom is 0.344 e. The van der Waals surface area contributed by atoms with Gasteiger partial charge in [0.2, 0.25) is 5.69 Å². The van der Waals surface area contributed by atoms with E-state index in [0.29, 0.717) is 80.1 Å². The van der Waals surface area contributed by atoms with E-state index in [9.17, 15) is 39.3 Å². The lowest BCUT2D eigenvalue weighted by molar-refractivity contribution is -0.435. The van der Waals surface area contributed by atoms with Gasteiger partial charge < -0.3 is 43.1 Å². The summed E-state index contributed by atoms with van der Waals surface area (Å²) in [5, 5.41) is 27.3. The summed E-state index contributed by atoms with van der Waals surface area (Å²) >= 11 is 0. The van der Waals surface area contributed by atoms with Gasteiger partial charge in [-0.25, -0.2) is 24.0 Å². The third-order valence-electron chi connectivity index (χ3n) is 13.1. The first-order chi connectivity index (χ1) is 40.9. The van der Waals surface area contributed by atoms with Crippen molar-refractivity contribution in [1.82, 2.24) is 0 Å². The van der Waals surface area contributed by atoms with Crippen LogP contribution in [0.4, 0.5) is 17.1 Å². The number of azo groups is 1. The summed E-state index contributed by atoms with van der Waals surface area (Å²) in [5.74, 6) is -0.911.